The Kier molecular flexibility index (Phi) is 7.00. The van der Waals surface area contributed by atoms with Gasteiger partial charge in [-0.15, -0.1) is 0 Å². The number of nitrogens with zero attached hydrogens (tertiary/aromatic N) is 3. The van der Waals surface area contributed by atoms with Gasteiger partial charge in [-0.3, -0.25) is 0 Å². The molecule has 0 aromatic carbocycles. The fourth-order valence-corrected chi connectivity index (χ4v) is 1.89. The molecule has 0 amide bonds. The van der Waals surface area contributed by atoms with E-state index in [-0.39, 0.29) is 0 Å². The molecule has 1 aromatic heterocycles. The first-order valence-electron chi connectivity index (χ1n) is 6.58. The molecule has 4 heteroatoms. The lowest BCUT2D eigenvalue weighted by molar-refractivity contribution is 0.287. The van der Waals surface area contributed by atoms with Gasteiger partial charge in [0, 0.05) is 31.4 Å². The van der Waals surface area contributed by atoms with Crippen LogP contribution in [0.3, 0.4) is 0 Å². The Balaban J connectivity index is 2.31. The average Bonchev–Trinajstić information content (AvgIpc) is 2.42. The van der Waals surface area contributed by atoms with E-state index in [1.54, 1.807) is 6.20 Å². The highest BCUT2D eigenvalue weighted by Gasteiger charge is 2.03. The molecule has 0 fully saturated rings. The van der Waals surface area contributed by atoms with Crippen molar-refractivity contribution >= 4 is 0 Å². The van der Waals surface area contributed by atoms with Crippen LogP contribution in [0.25, 0.3) is 0 Å². The second-order valence-corrected chi connectivity index (χ2v) is 4.23. The molecule has 0 spiro atoms. The highest BCUT2D eigenvalue weighted by atomic mass is 15.1. The third kappa shape index (κ3) is 4.82. The monoisotopic (exact) mass is 246 g/mol. The Bertz CT molecular complexity index is 384. The lowest BCUT2D eigenvalue weighted by atomic mass is 10.2. The van der Waals surface area contributed by atoms with Gasteiger partial charge in [0.25, 0.3) is 0 Å². The fraction of sp³-hybridized carbons (Fsp3) is 0.571. The van der Waals surface area contributed by atoms with E-state index < -0.39 is 0 Å². The van der Waals surface area contributed by atoms with E-state index in [1.165, 1.54) is 6.42 Å². The van der Waals surface area contributed by atoms with Gasteiger partial charge in [-0.1, -0.05) is 19.9 Å². The van der Waals surface area contributed by atoms with Gasteiger partial charge in [0.2, 0.25) is 0 Å². The summed E-state index contributed by atoms with van der Waals surface area (Å²) < 4.78 is 0. The minimum absolute atomic E-state index is 0.519. The average molecular weight is 246 g/mol. The lowest BCUT2D eigenvalue weighted by Gasteiger charge is -2.19. The van der Waals surface area contributed by atoms with Gasteiger partial charge < -0.3 is 10.2 Å². The summed E-state index contributed by atoms with van der Waals surface area (Å²) in [5.41, 5.74) is 1.49. The summed E-state index contributed by atoms with van der Waals surface area (Å²) in [5.74, 6) is 0. The molecule has 1 N–H and O–H groups in total. The maximum Gasteiger partial charge on any atom is 0.144 e. The third-order valence-corrected chi connectivity index (χ3v) is 2.90. The number of nitriles is 1. The molecule has 18 heavy (non-hydrogen) atoms. The van der Waals surface area contributed by atoms with Gasteiger partial charge >= 0.3 is 0 Å². The van der Waals surface area contributed by atoms with Crippen molar-refractivity contribution < 1.29 is 0 Å². The maximum atomic E-state index is 8.92. The topological polar surface area (TPSA) is 52.0 Å². The van der Waals surface area contributed by atoms with Crippen molar-refractivity contribution in [3.8, 4) is 6.07 Å². The van der Waals surface area contributed by atoms with Crippen molar-refractivity contribution in [3.63, 3.8) is 0 Å². The summed E-state index contributed by atoms with van der Waals surface area (Å²) in [4.78, 5) is 6.46. The third-order valence-electron chi connectivity index (χ3n) is 2.90. The van der Waals surface area contributed by atoms with E-state index in [2.05, 4.69) is 35.1 Å². The maximum absolute atomic E-state index is 8.92. The molecule has 0 radical (unpaired) electrons. The molecule has 4 nitrogen and oxygen atoms in total. The standard InChI is InChI=1S/C14H22N4/c1-3-9-18(4-2)10-8-16-12-13-6-5-7-17-14(13)11-15/h5-7,16H,3-4,8-10,12H2,1-2H3. The van der Waals surface area contributed by atoms with Crippen LogP contribution in [0.2, 0.25) is 0 Å². The Morgan fingerprint density at radius 1 is 1.39 bits per heavy atom. The van der Waals surface area contributed by atoms with Crippen molar-refractivity contribution in [1.29, 1.82) is 5.26 Å². The van der Waals surface area contributed by atoms with E-state index in [4.69, 9.17) is 5.26 Å². The molecular weight excluding hydrogens is 224 g/mol. The zero-order chi connectivity index (χ0) is 13.2. The minimum Gasteiger partial charge on any atom is -0.311 e. The first-order chi connectivity index (χ1) is 8.81. The van der Waals surface area contributed by atoms with Gasteiger partial charge in [0.1, 0.15) is 11.8 Å². The predicted octanol–water partition coefficient (Wildman–Crippen LogP) is 1.77. The van der Waals surface area contributed by atoms with Gasteiger partial charge in [-0.25, -0.2) is 4.98 Å². The second kappa shape index (κ2) is 8.62. The smallest absolute Gasteiger partial charge is 0.144 e. The van der Waals surface area contributed by atoms with Crippen molar-refractivity contribution in [3.05, 3.63) is 29.6 Å². The first-order valence-corrected chi connectivity index (χ1v) is 6.58. The number of likely N-dealkylation sites (N-methyl/N-ethyl adjacent to an activating group) is 1. The van der Waals surface area contributed by atoms with E-state index in [9.17, 15) is 0 Å². The first kappa shape index (κ1) is 14.6. The van der Waals surface area contributed by atoms with Crippen LogP contribution in [0.1, 0.15) is 31.5 Å². The van der Waals surface area contributed by atoms with Crippen LogP contribution in [0.4, 0.5) is 0 Å². The number of pyridine rings is 1. The lowest BCUT2D eigenvalue weighted by Crippen LogP contribution is -2.32. The summed E-state index contributed by atoms with van der Waals surface area (Å²) in [5, 5.41) is 12.3. The Hall–Kier alpha value is -1.44. The van der Waals surface area contributed by atoms with Crippen molar-refractivity contribution in [2.75, 3.05) is 26.2 Å². The van der Waals surface area contributed by atoms with Crippen LogP contribution < -0.4 is 5.32 Å². The zero-order valence-corrected chi connectivity index (χ0v) is 11.3. The van der Waals surface area contributed by atoms with Crippen LogP contribution >= 0.6 is 0 Å². The van der Waals surface area contributed by atoms with E-state index in [0.717, 1.165) is 31.7 Å². The highest BCUT2D eigenvalue weighted by Crippen LogP contribution is 2.02. The van der Waals surface area contributed by atoms with Gasteiger partial charge in [0.15, 0.2) is 0 Å². The molecule has 0 saturated heterocycles. The van der Waals surface area contributed by atoms with Crippen molar-refractivity contribution in [2.24, 2.45) is 0 Å². The quantitative estimate of drug-likeness (QED) is 0.710. The van der Waals surface area contributed by atoms with E-state index in [1.807, 2.05) is 12.1 Å². The number of hydrogen-bond acceptors (Lipinski definition) is 4. The fourth-order valence-electron chi connectivity index (χ4n) is 1.89. The zero-order valence-electron chi connectivity index (χ0n) is 11.3. The predicted molar refractivity (Wildman–Crippen MR) is 73.1 cm³/mol. The van der Waals surface area contributed by atoms with Crippen LogP contribution in [0.5, 0.6) is 0 Å². The molecule has 0 atom stereocenters. The molecule has 0 saturated carbocycles. The second-order valence-electron chi connectivity index (χ2n) is 4.23. The van der Waals surface area contributed by atoms with Crippen LogP contribution in [0.15, 0.2) is 18.3 Å². The normalized spacial score (nSPS) is 10.6. The summed E-state index contributed by atoms with van der Waals surface area (Å²) in [6.07, 6.45) is 2.84. The Morgan fingerprint density at radius 2 is 2.22 bits per heavy atom. The summed E-state index contributed by atoms with van der Waals surface area (Å²) >= 11 is 0. The van der Waals surface area contributed by atoms with Gasteiger partial charge in [-0.2, -0.15) is 5.26 Å². The van der Waals surface area contributed by atoms with Crippen molar-refractivity contribution in [2.45, 2.75) is 26.8 Å². The molecule has 98 valence electrons. The number of nitrogens with one attached hydrogen (secondary N) is 1. The molecule has 0 unspecified atom stereocenters. The minimum atomic E-state index is 0.519. The van der Waals surface area contributed by atoms with Gasteiger partial charge in [0.05, 0.1) is 0 Å². The number of hydrogen-bond donors (Lipinski definition) is 1. The van der Waals surface area contributed by atoms with Crippen molar-refractivity contribution in [1.82, 2.24) is 15.2 Å². The molecule has 0 aliphatic rings. The molecule has 1 heterocycles. The summed E-state index contributed by atoms with van der Waals surface area (Å²) in [7, 11) is 0. The number of aromatic nitrogens is 1. The van der Waals surface area contributed by atoms with E-state index in [0.29, 0.717) is 12.2 Å². The van der Waals surface area contributed by atoms with E-state index >= 15 is 0 Å². The SMILES string of the molecule is CCCN(CC)CCNCc1cccnc1C#N. The van der Waals surface area contributed by atoms with Crippen LogP contribution in [-0.4, -0.2) is 36.1 Å². The van der Waals surface area contributed by atoms with Gasteiger partial charge in [-0.05, 0) is 25.6 Å². The molecule has 1 aromatic rings. The summed E-state index contributed by atoms with van der Waals surface area (Å²) in [6.45, 7) is 9.32. The molecule has 0 aliphatic carbocycles. The highest BCUT2D eigenvalue weighted by molar-refractivity contribution is 5.30. The Labute approximate surface area is 110 Å². The molecule has 1 rings (SSSR count). The number of rotatable bonds is 8. The Morgan fingerprint density at radius 3 is 2.89 bits per heavy atom. The molecule has 0 bridgehead atoms. The largest absolute Gasteiger partial charge is 0.311 e. The molecule has 0 aliphatic heterocycles. The summed E-state index contributed by atoms with van der Waals surface area (Å²) in [6, 6.07) is 5.93. The van der Waals surface area contributed by atoms with Crippen LogP contribution in [0, 0.1) is 11.3 Å². The molecular formula is C14H22N4. The van der Waals surface area contributed by atoms with Crippen LogP contribution in [-0.2, 0) is 6.54 Å².